The fraction of sp³-hybridized carbons (Fsp3) is 0.429. The van der Waals surface area contributed by atoms with E-state index in [0.29, 0.717) is 0 Å². The smallest absolute Gasteiger partial charge is 0.110 e. The van der Waals surface area contributed by atoms with E-state index in [0.717, 1.165) is 41.2 Å². The Morgan fingerprint density at radius 3 is 2.38 bits per heavy atom. The maximum atomic E-state index is 10.4. The fourth-order valence-corrected chi connectivity index (χ4v) is 4.38. The summed E-state index contributed by atoms with van der Waals surface area (Å²) in [5.41, 5.74) is 2.70. The number of hydrogen-bond donors (Lipinski definition) is 2. The maximum absolute atomic E-state index is 10.4. The second-order valence-electron chi connectivity index (χ2n) is 7.34. The molecule has 0 spiro atoms. The summed E-state index contributed by atoms with van der Waals surface area (Å²) >= 11 is 0. The molecule has 0 bridgehead atoms. The summed E-state index contributed by atoms with van der Waals surface area (Å²) < 4.78 is 0. The molecule has 2 rings (SSSR count). The van der Waals surface area contributed by atoms with Crippen molar-refractivity contribution in [2.45, 2.75) is 58.0 Å². The Morgan fingerprint density at radius 2 is 1.79 bits per heavy atom. The van der Waals surface area contributed by atoms with Crippen LogP contribution in [0.4, 0.5) is 0 Å². The SMILES string of the molecule is CCCCC#C/C(=C1\C(=C\c2ccccc2)[C@@H](O)[C@H]1O)[Si](C)(C)C. The van der Waals surface area contributed by atoms with Gasteiger partial charge in [0.2, 0.25) is 0 Å². The molecule has 0 heterocycles. The molecule has 2 nitrogen and oxygen atoms in total. The first-order valence-electron chi connectivity index (χ1n) is 8.73. The second kappa shape index (κ2) is 7.98. The maximum Gasteiger partial charge on any atom is 0.110 e. The molecule has 128 valence electrons. The topological polar surface area (TPSA) is 40.5 Å². The van der Waals surface area contributed by atoms with Crippen LogP contribution in [0.25, 0.3) is 6.08 Å². The van der Waals surface area contributed by atoms with Crippen LogP contribution in [0, 0.1) is 11.8 Å². The van der Waals surface area contributed by atoms with Crippen molar-refractivity contribution in [2.75, 3.05) is 0 Å². The Kier molecular flexibility index (Phi) is 6.23. The largest absolute Gasteiger partial charge is 0.385 e. The van der Waals surface area contributed by atoms with E-state index in [4.69, 9.17) is 0 Å². The molecular weight excluding hydrogens is 312 g/mol. The molecule has 3 heteroatoms. The lowest BCUT2D eigenvalue weighted by atomic mass is 9.78. The van der Waals surface area contributed by atoms with E-state index in [1.807, 2.05) is 36.4 Å². The van der Waals surface area contributed by atoms with Crippen LogP contribution in [0.5, 0.6) is 0 Å². The average Bonchev–Trinajstić information content (AvgIpc) is 2.55. The molecule has 0 aromatic heterocycles. The van der Waals surface area contributed by atoms with Gasteiger partial charge in [0, 0.05) is 6.42 Å². The summed E-state index contributed by atoms with van der Waals surface area (Å²) in [6, 6.07) is 9.92. The van der Waals surface area contributed by atoms with E-state index >= 15 is 0 Å². The van der Waals surface area contributed by atoms with Crippen molar-refractivity contribution < 1.29 is 10.2 Å². The van der Waals surface area contributed by atoms with Gasteiger partial charge >= 0.3 is 0 Å². The zero-order valence-corrected chi connectivity index (χ0v) is 16.1. The van der Waals surface area contributed by atoms with Crippen molar-refractivity contribution >= 4 is 14.1 Å². The molecule has 1 aromatic rings. The number of hydrogen-bond acceptors (Lipinski definition) is 2. The van der Waals surface area contributed by atoms with Crippen LogP contribution in [0.2, 0.25) is 19.6 Å². The number of aliphatic hydroxyl groups excluding tert-OH is 2. The summed E-state index contributed by atoms with van der Waals surface area (Å²) in [5, 5.41) is 21.7. The van der Waals surface area contributed by atoms with Crippen LogP contribution in [0.3, 0.4) is 0 Å². The number of benzene rings is 1. The molecule has 1 aliphatic carbocycles. The highest BCUT2D eigenvalue weighted by molar-refractivity contribution is 6.84. The summed E-state index contributed by atoms with van der Waals surface area (Å²) in [7, 11) is -1.72. The third kappa shape index (κ3) is 4.27. The molecule has 1 saturated carbocycles. The standard InChI is InChI=1S/C21H28O2Si/c1-5-6-7-11-14-18(24(2,3)4)19-17(20(22)21(19)23)15-16-12-9-8-10-13-16/h8-10,12-13,15,20-23H,5-7H2,1-4H3/b17-15-,19-18-/t20-,21+/m1/s1. The van der Waals surface area contributed by atoms with Gasteiger partial charge in [-0.25, -0.2) is 0 Å². The first-order chi connectivity index (χ1) is 11.4. The van der Waals surface area contributed by atoms with Gasteiger partial charge in [0.25, 0.3) is 0 Å². The minimum Gasteiger partial charge on any atom is -0.385 e. The molecular formula is C21H28O2Si. The van der Waals surface area contributed by atoms with Gasteiger partial charge in [-0.1, -0.05) is 75.2 Å². The minimum absolute atomic E-state index is 0.816. The number of aliphatic hydroxyl groups is 2. The lowest BCUT2D eigenvalue weighted by molar-refractivity contribution is 0.0354. The molecule has 0 aliphatic heterocycles. The summed E-state index contributed by atoms with van der Waals surface area (Å²) in [5.74, 6) is 6.61. The fourth-order valence-electron chi connectivity index (χ4n) is 2.82. The number of unbranched alkanes of at least 4 members (excludes halogenated alkanes) is 2. The van der Waals surface area contributed by atoms with Crippen molar-refractivity contribution in [3.8, 4) is 11.8 Å². The van der Waals surface area contributed by atoms with Gasteiger partial charge in [-0.15, -0.1) is 0 Å². The quantitative estimate of drug-likeness (QED) is 0.490. The Bertz CT molecular complexity index is 684. The van der Waals surface area contributed by atoms with Crippen molar-refractivity contribution in [2.24, 2.45) is 0 Å². The van der Waals surface area contributed by atoms with Crippen LogP contribution in [0.1, 0.15) is 31.7 Å². The molecule has 0 saturated heterocycles. The summed E-state index contributed by atoms with van der Waals surface area (Å²) in [6.07, 6.45) is 3.45. The van der Waals surface area contributed by atoms with Crippen molar-refractivity contribution in [1.29, 1.82) is 0 Å². The molecule has 2 atom stereocenters. The zero-order valence-electron chi connectivity index (χ0n) is 15.1. The van der Waals surface area contributed by atoms with E-state index in [2.05, 4.69) is 38.4 Å². The average molecular weight is 341 g/mol. The number of allylic oxidation sites excluding steroid dienone is 1. The highest BCUT2D eigenvalue weighted by atomic mass is 28.3. The van der Waals surface area contributed by atoms with E-state index in [-0.39, 0.29) is 0 Å². The highest BCUT2D eigenvalue weighted by Crippen LogP contribution is 2.40. The zero-order chi connectivity index (χ0) is 17.7. The Balaban J connectivity index is 2.45. The second-order valence-corrected chi connectivity index (χ2v) is 12.3. The van der Waals surface area contributed by atoms with Crippen LogP contribution in [-0.2, 0) is 0 Å². The van der Waals surface area contributed by atoms with Crippen LogP contribution in [-0.4, -0.2) is 30.5 Å². The Morgan fingerprint density at radius 1 is 1.12 bits per heavy atom. The lowest BCUT2D eigenvalue weighted by Gasteiger charge is -2.39. The van der Waals surface area contributed by atoms with Gasteiger partial charge < -0.3 is 10.2 Å². The molecule has 0 amide bonds. The van der Waals surface area contributed by atoms with Gasteiger partial charge in [-0.05, 0) is 34.4 Å². The van der Waals surface area contributed by atoms with Crippen LogP contribution >= 0.6 is 0 Å². The molecule has 0 unspecified atom stereocenters. The van der Waals surface area contributed by atoms with E-state index in [9.17, 15) is 10.2 Å². The lowest BCUT2D eigenvalue weighted by Crippen LogP contribution is -2.45. The van der Waals surface area contributed by atoms with E-state index in [1.165, 1.54) is 0 Å². The molecule has 24 heavy (non-hydrogen) atoms. The third-order valence-electron chi connectivity index (χ3n) is 4.23. The Hall–Kier alpha value is -1.60. The Labute approximate surface area is 146 Å². The minimum atomic E-state index is -1.72. The van der Waals surface area contributed by atoms with Crippen LogP contribution < -0.4 is 0 Å². The van der Waals surface area contributed by atoms with E-state index < -0.39 is 20.3 Å². The summed E-state index contributed by atoms with van der Waals surface area (Å²) in [6.45, 7) is 8.87. The predicted molar refractivity (Wildman–Crippen MR) is 104 cm³/mol. The third-order valence-corrected chi connectivity index (χ3v) is 6.13. The molecule has 1 fully saturated rings. The normalized spacial score (nSPS) is 24.2. The van der Waals surface area contributed by atoms with Gasteiger partial charge in [-0.3, -0.25) is 0 Å². The van der Waals surface area contributed by atoms with Crippen molar-refractivity contribution in [3.05, 3.63) is 52.2 Å². The predicted octanol–water partition coefficient (Wildman–Crippen LogP) is 4.17. The number of rotatable bonds is 4. The van der Waals surface area contributed by atoms with Gasteiger partial charge in [0.15, 0.2) is 0 Å². The van der Waals surface area contributed by atoms with Gasteiger partial charge in [0.05, 0.1) is 8.07 Å². The van der Waals surface area contributed by atoms with Gasteiger partial charge in [0.1, 0.15) is 12.2 Å². The molecule has 1 aromatic carbocycles. The van der Waals surface area contributed by atoms with Crippen molar-refractivity contribution in [3.63, 3.8) is 0 Å². The van der Waals surface area contributed by atoms with Crippen molar-refractivity contribution in [1.82, 2.24) is 0 Å². The summed E-state index contributed by atoms with van der Waals surface area (Å²) in [4.78, 5) is 0. The molecule has 1 aliphatic rings. The monoisotopic (exact) mass is 340 g/mol. The molecule has 2 N–H and O–H groups in total. The first kappa shape index (κ1) is 18.7. The van der Waals surface area contributed by atoms with Crippen LogP contribution in [0.15, 0.2) is 46.7 Å². The van der Waals surface area contributed by atoms with Gasteiger partial charge in [-0.2, -0.15) is 0 Å². The van der Waals surface area contributed by atoms with E-state index in [1.54, 1.807) is 0 Å². The molecule has 0 radical (unpaired) electrons. The first-order valence-corrected chi connectivity index (χ1v) is 12.2. The highest BCUT2D eigenvalue weighted by Gasteiger charge is 2.42.